The zero-order valence-electron chi connectivity index (χ0n) is 10.2. The van der Waals surface area contributed by atoms with Crippen molar-refractivity contribution in [3.63, 3.8) is 0 Å². The van der Waals surface area contributed by atoms with E-state index < -0.39 is 11.9 Å². The third kappa shape index (κ3) is 4.40. The van der Waals surface area contributed by atoms with Crippen LogP contribution in [-0.4, -0.2) is 35.2 Å². The van der Waals surface area contributed by atoms with Crippen LogP contribution < -0.4 is 5.32 Å². The summed E-state index contributed by atoms with van der Waals surface area (Å²) in [7, 11) is 0. The summed E-state index contributed by atoms with van der Waals surface area (Å²) in [5.41, 5.74) is 0.356. The molecule has 1 heterocycles. The van der Waals surface area contributed by atoms with Gasteiger partial charge < -0.3 is 15.2 Å². The molecule has 0 unspecified atom stereocenters. The molecule has 0 atom stereocenters. The van der Waals surface area contributed by atoms with Gasteiger partial charge in [0.1, 0.15) is 11.4 Å². The third-order valence-electron chi connectivity index (χ3n) is 2.16. The summed E-state index contributed by atoms with van der Waals surface area (Å²) in [6.07, 6.45) is 2.10. The second-order valence-corrected chi connectivity index (χ2v) is 3.54. The number of rotatable bonds is 7. The number of hydrogen-bond donors (Lipinski definition) is 2. The van der Waals surface area contributed by atoms with Gasteiger partial charge in [0.2, 0.25) is 0 Å². The molecule has 0 fully saturated rings. The van der Waals surface area contributed by atoms with Crippen LogP contribution in [0.4, 0.5) is 5.82 Å². The Hall–Kier alpha value is -2.11. The Morgan fingerprint density at radius 3 is 2.94 bits per heavy atom. The van der Waals surface area contributed by atoms with Gasteiger partial charge in [-0.15, -0.1) is 0 Å². The van der Waals surface area contributed by atoms with Crippen molar-refractivity contribution in [2.24, 2.45) is 0 Å². The van der Waals surface area contributed by atoms with E-state index in [1.54, 1.807) is 25.3 Å². The van der Waals surface area contributed by atoms with Crippen molar-refractivity contribution in [3.8, 4) is 0 Å². The highest BCUT2D eigenvalue weighted by Crippen LogP contribution is 2.12. The summed E-state index contributed by atoms with van der Waals surface area (Å²) >= 11 is 0. The maximum absolute atomic E-state index is 11.6. The smallest absolute Gasteiger partial charge is 0.341 e. The van der Waals surface area contributed by atoms with E-state index in [0.29, 0.717) is 31.0 Å². The molecule has 0 aliphatic heterocycles. The zero-order valence-corrected chi connectivity index (χ0v) is 10.2. The van der Waals surface area contributed by atoms with Crippen LogP contribution in [0.5, 0.6) is 0 Å². The molecule has 0 aliphatic carbocycles. The van der Waals surface area contributed by atoms with Gasteiger partial charge in [-0.3, -0.25) is 4.79 Å². The second-order valence-electron chi connectivity index (χ2n) is 3.54. The second kappa shape index (κ2) is 7.26. The Bertz CT molecular complexity index is 420. The highest BCUT2D eigenvalue weighted by molar-refractivity contribution is 5.94. The molecule has 2 N–H and O–H groups in total. The molecule has 0 aromatic carbocycles. The molecule has 0 aliphatic rings. The Labute approximate surface area is 105 Å². The minimum atomic E-state index is -0.844. The summed E-state index contributed by atoms with van der Waals surface area (Å²) in [5, 5.41) is 11.4. The van der Waals surface area contributed by atoms with Crippen LogP contribution in [0.1, 0.15) is 30.1 Å². The SMILES string of the molecule is CCOC(=O)c1cccnc1NCCCC(=O)O. The highest BCUT2D eigenvalue weighted by atomic mass is 16.5. The normalized spacial score (nSPS) is 9.83. The van der Waals surface area contributed by atoms with Gasteiger partial charge in [0.15, 0.2) is 0 Å². The van der Waals surface area contributed by atoms with Crippen molar-refractivity contribution in [1.82, 2.24) is 4.98 Å². The van der Waals surface area contributed by atoms with Crippen molar-refractivity contribution >= 4 is 17.8 Å². The van der Waals surface area contributed by atoms with Gasteiger partial charge in [-0.2, -0.15) is 0 Å². The van der Waals surface area contributed by atoms with Crippen molar-refractivity contribution in [3.05, 3.63) is 23.9 Å². The lowest BCUT2D eigenvalue weighted by atomic mass is 10.2. The lowest BCUT2D eigenvalue weighted by Gasteiger charge is -2.09. The largest absolute Gasteiger partial charge is 0.481 e. The first-order valence-corrected chi connectivity index (χ1v) is 5.73. The van der Waals surface area contributed by atoms with E-state index in [1.165, 1.54) is 0 Å². The molecule has 1 rings (SSSR count). The number of esters is 1. The number of nitrogens with one attached hydrogen (secondary N) is 1. The fraction of sp³-hybridized carbons (Fsp3) is 0.417. The van der Waals surface area contributed by atoms with Gasteiger partial charge in [0.05, 0.1) is 6.61 Å². The van der Waals surface area contributed by atoms with Crippen molar-refractivity contribution in [2.45, 2.75) is 19.8 Å². The van der Waals surface area contributed by atoms with Crippen molar-refractivity contribution in [1.29, 1.82) is 0 Å². The van der Waals surface area contributed by atoms with Crippen LogP contribution in [-0.2, 0) is 9.53 Å². The Morgan fingerprint density at radius 1 is 1.50 bits per heavy atom. The van der Waals surface area contributed by atoms with Gasteiger partial charge in [0.25, 0.3) is 0 Å². The van der Waals surface area contributed by atoms with Gasteiger partial charge in [0, 0.05) is 19.2 Å². The van der Waals surface area contributed by atoms with E-state index in [9.17, 15) is 9.59 Å². The average Bonchev–Trinajstić information content (AvgIpc) is 2.35. The maximum Gasteiger partial charge on any atom is 0.341 e. The molecular weight excluding hydrogens is 236 g/mol. The fourth-order valence-electron chi connectivity index (χ4n) is 1.37. The monoisotopic (exact) mass is 252 g/mol. The molecule has 0 saturated carbocycles. The molecule has 18 heavy (non-hydrogen) atoms. The first kappa shape index (κ1) is 14.0. The minimum Gasteiger partial charge on any atom is -0.481 e. The van der Waals surface area contributed by atoms with E-state index in [1.807, 2.05) is 0 Å². The molecule has 0 radical (unpaired) electrons. The predicted molar refractivity (Wildman–Crippen MR) is 65.6 cm³/mol. The Balaban J connectivity index is 2.59. The molecular formula is C12H16N2O4. The summed E-state index contributed by atoms with van der Waals surface area (Å²) in [6, 6.07) is 3.26. The molecule has 6 nitrogen and oxygen atoms in total. The third-order valence-corrected chi connectivity index (χ3v) is 2.16. The number of carbonyl (C=O) groups is 2. The summed E-state index contributed by atoms with van der Waals surface area (Å²) < 4.78 is 4.90. The topological polar surface area (TPSA) is 88.5 Å². The number of nitrogens with zero attached hydrogens (tertiary/aromatic N) is 1. The molecule has 0 amide bonds. The molecule has 0 spiro atoms. The molecule has 1 aromatic rings. The first-order valence-electron chi connectivity index (χ1n) is 5.73. The molecule has 6 heteroatoms. The Morgan fingerprint density at radius 2 is 2.28 bits per heavy atom. The summed E-state index contributed by atoms with van der Waals surface area (Å²) in [6.45, 7) is 2.47. The maximum atomic E-state index is 11.6. The van der Waals surface area contributed by atoms with Gasteiger partial charge in [-0.25, -0.2) is 9.78 Å². The lowest BCUT2D eigenvalue weighted by Crippen LogP contribution is -2.12. The van der Waals surface area contributed by atoms with E-state index in [-0.39, 0.29) is 6.42 Å². The first-order chi connectivity index (χ1) is 8.65. The number of ether oxygens (including phenoxy) is 1. The van der Waals surface area contributed by atoms with Crippen LogP contribution in [0, 0.1) is 0 Å². The van der Waals surface area contributed by atoms with Crippen LogP contribution in [0.15, 0.2) is 18.3 Å². The summed E-state index contributed by atoms with van der Waals surface area (Å²) in [4.78, 5) is 26.0. The number of pyridine rings is 1. The predicted octanol–water partition coefficient (Wildman–Crippen LogP) is 1.53. The number of anilines is 1. The number of carboxylic acid groups (broad SMARTS) is 1. The van der Waals surface area contributed by atoms with Gasteiger partial charge >= 0.3 is 11.9 Å². The molecule has 0 saturated heterocycles. The van der Waals surface area contributed by atoms with Gasteiger partial charge in [-0.05, 0) is 25.5 Å². The molecule has 98 valence electrons. The van der Waals surface area contributed by atoms with E-state index in [2.05, 4.69) is 10.3 Å². The number of carbonyl (C=O) groups excluding carboxylic acids is 1. The standard InChI is InChI=1S/C12H16N2O4/c1-2-18-12(17)9-5-3-7-13-11(9)14-8-4-6-10(15)16/h3,5,7H,2,4,6,8H2,1H3,(H,13,14)(H,15,16). The van der Waals surface area contributed by atoms with E-state index in [4.69, 9.17) is 9.84 Å². The minimum absolute atomic E-state index is 0.0779. The number of hydrogen-bond acceptors (Lipinski definition) is 5. The van der Waals surface area contributed by atoms with Crippen molar-refractivity contribution < 1.29 is 19.4 Å². The van der Waals surface area contributed by atoms with Crippen LogP contribution in [0.3, 0.4) is 0 Å². The van der Waals surface area contributed by atoms with E-state index in [0.717, 1.165) is 0 Å². The van der Waals surface area contributed by atoms with Crippen LogP contribution in [0.2, 0.25) is 0 Å². The van der Waals surface area contributed by atoms with Crippen molar-refractivity contribution in [2.75, 3.05) is 18.5 Å². The molecule has 1 aromatic heterocycles. The van der Waals surface area contributed by atoms with Crippen LogP contribution >= 0.6 is 0 Å². The molecule has 0 bridgehead atoms. The number of aliphatic carboxylic acids is 1. The van der Waals surface area contributed by atoms with E-state index >= 15 is 0 Å². The average molecular weight is 252 g/mol. The van der Waals surface area contributed by atoms with Gasteiger partial charge in [-0.1, -0.05) is 0 Å². The lowest BCUT2D eigenvalue weighted by molar-refractivity contribution is -0.137. The quantitative estimate of drug-likeness (QED) is 0.565. The summed E-state index contributed by atoms with van der Waals surface area (Å²) in [5.74, 6) is -0.865. The fourth-order valence-corrected chi connectivity index (χ4v) is 1.37. The highest BCUT2D eigenvalue weighted by Gasteiger charge is 2.12. The number of aromatic nitrogens is 1. The zero-order chi connectivity index (χ0) is 13.4. The number of carboxylic acids is 1. The Kier molecular flexibility index (Phi) is 5.63. The van der Waals surface area contributed by atoms with Crippen LogP contribution in [0.25, 0.3) is 0 Å².